The Labute approximate surface area is 247 Å². The number of rotatable bonds is 10. The summed E-state index contributed by atoms with van der Waals surface area (Å²) < 4.78 is 15.6. The molecule has 5 rings (SSSR count). The van der Waals surface area contributed by atoms with E-state index in [1.807, 2.05) is 4.90 Å². The van der Waals surface area contributed by atoms with Crippen molar-refractivity contribution in [2.75, 3.05) is 19.6 Å². The number of carbonyl (C=O) groups excluding carboxylic acids is 4. The number of likely N-dealkylation sites (tertiary alicyclic amines) is 1. The van der Waals surface area contributed by atoms with Crippen molar-refractivity contribution in [3.05, 3.63) is 64.1 Å². The second-order valence-corrected chi connectivity index (χ2v) is 11.6. The summed E-state index contributed by atoms with van der Waals surface area (Å²) >= 11 is 5.82. The van der Waals surface area contributed by atoms with Crippen LogP contribution in [0.2, 0.25) is 5.02 Å². The molecule has 0 spiro atoms. The van der Waals surface area contributed by atoms with Gasteiger partial charge in [0.2, 0.25) is 17.7 Å². The number of benzene rings is 2. The van der Waals surface area contributed by atoms with E-state index < -0.39 is 17.6 Å². The van der Waals surface area contributed by atoms with Crippen LogP contribution in [-0.2, 0) is 33.9 Å². The van der Waals surface area contributed by atoms with Crippen LogP contribution in [0.15, 0.2) is 36.4 Å². The fourth-order valence-electron chi connectivity index (χ4n) is 5.46. The van der Waals surface area contributed by atoms with E-state index in [-0.39, 0.29) is 60.2 Å². The van der Waals surface area contributed by atoms with Gasteiger partial charge in [0.25, 0.3) is 5.91 Å². The summed E-state index contributed by atoms with van der Waals surface area (Å²) in [6.45, 7) is 3.14. The van der Waals surface area contributed by atoms with E-state index in [1.54, 1.807) is 24.3 Å². The predicted molar refractivity (Wildman–Crippen MR) is 155 cm³/mol. The van der Waals surface area contributed by atoms with Crippen LogP contribution in [0, 0.1) is 11.7 Å². The molecule has 12 heteroatoms. The van der Waals surface area contributed by atoms with Crippen LogP contribution in [0.25, 0.3) is 10.9 Å². The highest BCUT2D eigenvalue weighted by molar-refractivity contribution is 6.30. The molecular weight excluding hydrogens is 563 g/mol. The van der Waals surface area contributed by atoms with Gasteiger partial charge in [0.1, 0.15) is 12.4 Å². The monoisotopic (exact) mass is 596 g/mol. The van der Waals surface area contributed by atoms with E-state index in [4.69, 9.17) is 17.3 Å². The van der Waals surface area contributed by atoms with Crippen molar-refractivity contribution in [1.82, 2.24) is 24.9 Å². The number of amides is 4. The minimum absolute atomic E-state index is 0.0120. The Kier molecular flexibility index (Phi) is 8.77. The van der Waals surface area contributed by atoms with Crippen LogP contribution in [0.3, 0.4) is 0 Å². The van der Waals surface area contributed by atoms with Crippen LogP contribution in [-0.4, -0.2) is 68.9 Å². The molecule has 1 atom stereocenters. The Morgan fingerprint density at radius 3 is 2.67 bits per heavy atom. The van der Waals surface area contributed by atoms with Gasteiger partial charge in [0.15, 0.2) is 5.69 Å². The van der Waals surface area contributed by atoms with Crippen LogP contribution >= 0.6 is 11.6 Å². The Hall–Kier alpha value is -3.99. The molecule has 4 amide bonds. The molecule has 0 unspecified atom stereocenters. The molecule has 222 valence electrons. The lowest BCUT2D eigenvalue weighted by atomic mass is 9.99. The van der Waals surface area contributed by atoms with E-state index in [0.717, 1.165) is 44.3 Å². The number of halogens is 2. The molecule has 3 N–H and O–H groups in total. The second-order valence-electron chi connectivity index (χ2n) is 11.2. The van der Waals surface area contributed by atoms with Crippen LogP contribution in [0.5, 0.6) is 0 Å². The lowest BCUT2D eigenvalue weighted by molar-refractivity contribution is -0.137. The highest BCUT2D eigenvalue weighted by Gasteiger charge is 2.34. The summed E-state index contributed by atoms with van der Waals surface area (Å²) in [5.74, 6) is -1.63. The van der Waals surface area contributed by atoms with Crippen LogP contribution < -0.4 is 11.1 Å². The molecule has 2 aliphatic rings. The summed E-state index contributed by atoms with van der Waals surface area (Å²) in [6, 6.07) is 9.72. The van der Waals surface area contributed by atoms with Crippen molar-refractivity contribution < 1.29 is 23.6 Å². The third-order valence-corrected chi connectivity index (χ3v) is 8.12. The first-order valence-electron chi connectivity index (χ1n) is 14.2. The fraction of sp³-hybridized carbons (Fsp3) is 0.433. The average molecular weight is 597 g/mol. The fourth-order valence-corrected chi connectivity index (χ4v) is 5.65. The molecule has 2 aromatic carbocycles. The lowest BCUT2D eigenvalue weighted by Gasteiger charge is -2.31. The SMILES string of the molecule is C[C@@H]1CCCN(C(=O)Cc2ccc3c(c2)c(C(N)=O)nn3CC(=O)N(CC(=O)NCc2cccc(Cl)c2F)C2CC2)C1. The molecule has 1 aromatic heterocycles. The first-order chi connectivity index (χ1) is 20.1. The van der Waals surface area contributed by atoms with Gasteiger partial charge in [-0.1, -0.05) is 36.7 Å². The zero-order chi connectivity index (χ0) is 30.0. The molecular formula is C30H34ClFN6O4. The number of aromatic nitrogens is 2. The third-order valence-electron chi connectivity index (χ3n) is 7.83. The zero-order valence-corrected chi connectivity index (χ0v) is 24.2. The van der Waals surface area contributed by atoms with Gasteiger partial charge in [-0.05, 0) is 55.4 Å². The van der Waals surface area contributed by atoms with Gasteiger partial charge in [0, 0.05) is 36.6 Å². The van der Waals surface area contributed by atoms with Gasteiger partial charge in [0.05, 0.1) is 23.5 Å². The molecule has 42 heavy (non-hydrogen) atoms. The number of fused-ring (bicyclic) bond motifs is 1. The molecule has 1 aliphatic carbocycles. The molecule has 1 saturated heterocycles. The molecule has 0 bridgehead atoms. The van der Waals surface area contributed by atoms with Gasteiger partial charge in [-0.25, -0.2) is 4.39 Å². The van der Waals surface area contributed by atoms with E-state index in [2.05, 4.69) is 17.3 Å². The third kappa shape index (κ3) is 6.73. The standard InChI is InChI=1S/C30H34ClFN6O4/c1-18-4-3-11-36(15-18)26(40)13-19-7-10-24-22(12-19)29(30(33)42)35-38(24)17-27(41)37(21-8-9-21)16-25(39)34-14-20-5-2-6-23(31)28(20)32/h2,5-7,10,12,18,21H,3-4,8-9,11,13-17H2,1H3,(H2,33,42)(H,34,39)/t18-/m1/s1. The minimum atomic E-state index is -0.744. The first-order valence-corrected chi connectivity index (χ1v) is 14.5. The summed E-state index contributed by atoms with van der Waals surface area (Å²) in [5.41, 5.74) is 7.13. The highest BCUT2D eigenvalue weighted by Crippen LogP contribution is 2.28. The van der Waals surface area contributed by atoms with Crippen LogP contribution in [0.4, 0.5) is 4.39 Å². The van der Waals surface area contributed by atoms with Gasteiger partial charge in [-0.2, -0.15) is 5.10 Å². The van der Waals surface area contributed by atoms with E-state index in [0.29, 0.717) is 16.8 Å². The van der Waals surface area contributed by atoms with Crippen molar-refractivity contribution >= 4 is 46.1 Å². The summed E-state index contributed by atoms with van der Waals surface area (Å²) in [6.07, 6.45) is 3.82. The second kappa shape index (κ2) is 12.5. The Morgan fingerprint density at radius 1 is 1.17 bits per heavy atom. The van der Waals surface area contributed by atoms with E-state index in [1.165, 1.54) is 21.7 Å². The predicted octanol–water partition coefficient (Wildman–Crippen LogP) is 3.04. The molecule has 2 heterocycles. The quantitative estimate of drug-likeness (QED) is 0.371. The van der Waals surface area contributed by atoms with Gasteiger partial charge in [-0.15, -0.1) is 0 Å². The summed E-state index contributed by atoms with van der Waals surface area (Å²) in [7, 11) is 0. The van der Waals surface area contributed by atoms with E-state index in [9.17, 15) is 23.6 Å². The Bertz CT molecular complexity index is 1540. The van der Waals surface area contributed by atoms with Crippen LogP contribution in [0.1, 0.15) is 54.2 Å². The van der Waals surface area contributed by atoms with Gasteiger partial charge in [-0.3, -0.25) is 23.9 Å². The number of hydrogen-bond donors (Lipinski definition) is 2. The van der Waals surface area contributed by atoms with E-state index >= 15 is 0 Å². The number of hydrogen-bond acceptors (Lipinski definition) is 5. The molecule has 0 radical (unpaired) electrons. The molecule has 10 nitrogen and oxygen atoms in total. The molecule has 3 aromatic rings. The molecule has 2 fully saturated rings. The van der Waals surface area contributed by atoms with Crippen molar-refractivity contribution in [3.8, 4) is 0 Å². The smallest absolute Gasteiger partial charge is 0.269 e. The maximum atomic E-state index is 14.2. The summed E-state index contributed by atoms with van der Waals surface area (Å²) in [4.78, 5) is 54.6. The average Bonchev–Trinajstić information content (AvgIpc) is 3.74. The van der Waals surface area contributed by atoms with Gasteiger partial charge >= 0.3 is 0 Å². The molecule has 1 saturated carbocycles. The topological polar surface area (TPSA) is 131 Å². The molecule has 1 aliphatic heterocycles. The van der Waals surface area contributed by atoms with Crippen molar-refractivity contribution in [2.45, 2.75) is 58.2 Å². The highest BCUT2D eigenvalue weighted by atomic mass is 35.5. The number of piperidine rings is 1. The summed E-state index contributed by atoms with van der Waals surface area (Å²) in [5, 5.41) is 7.41. The first kappa shape index (κ1) is 29.5. The number of nitrogens with two attached hydrogens (primary N) is 1. The lowest BCUT2D eigenvalue weighted by Crippen LogP contribution is -2.43. The Balaban J connectivity index is 1.28. The maximum Gasteiger partial charge on any atom is 0.269 e. The number of primary amides is 1. The van der Waals surface area contributed by atoms with Crippen molar-refractivity contribution in [1.29, 1.82) is 0 Å². The van der Waals surface area contributed by atoms with Gasteiger partial charge < -0.3 is 20.9 Å². The normalized spacial score (nSPS) is 16.8. The Morgan fingerprint density at radius 2 is 1.95 bits per heavy atom. The number of nitrogens with one attached hydrogen (secondary N) is 1. The minimum Gasteiger partial charge on any atom is -0.364 e. The largest absolute Gasteiger partial charge is 0.364 e. The van der Waals surface area contributed by atoms with Crippen molar-refractivity contribution in [2.24, 2.45) is 11.7 Å². The van der Waals surface area contributed by atoms with Crippen molar-refractivity contribution in [3.63, 3.8) is 0 Å². The maximum absolute atomic E-state index is 14.2. The number of carbonyl (C=O) groups is 4. The zero-order valence-electron chi connectivity index (χ0n) is 23.4. The number of nitrogens with zero attached hydrogens (tertiary/aromatic N) is 4.